The molecule has 4 heteroatoms. The molecular formula is C16H24N2O2. The molecule has 2 rings (SSSR count). The monoisotopic (exact) mass is 276 g/mol. The van der Waals surface area contributed by atoms with Crippen molar-refractivity contribution in [2.45, 2.75) is 37.8 Å². The fourth-order valence-corrected chi connectivity index (χ4v) is 3.08. The molecule has 2 atom stereocenters. The number of ether oxygens (including phenoxy) is 1. The predicted octanol–water partition coefficient (Wildman–Crippen LogP) is 1.89. The molecule has 2 N–H and O–H groups in total. The second kappa shape index (κ2) is 5.54. The van der Waals surface area contributed by atoms with Crippen LogP contribution in [0.4, 0.5) is 0 Å². The molecular weight excluding hydrogens is 252 g/mol. The second-order valence-corrected chi connectivity index (χ2v) is 5.93. The van der Waals surface area contributed by atoms with E-state index in [0.717, 1.165) is 12.1 Å². The van der Waals surface area contributed by atoms with Crippen molar-refractivity contribution in [3.05, 3.63) is 35.9 Å². The van der Waals surface area contributed by atoms with Gasteiger partial charge in [0.05, 0.1) is 5.54 Å². The first-order valence-corrected chi connectivity index (χ1v) is 7.16. The highest BCUT2D eigenvalue weighted by Crippen LogP contribution is 2.42. The first kappa shape index (κ1) is 15.0. The van der Waals surface area contributed by atoms with Crippen molar-refractivity contribution in [3.8, 4) is 0 Å². The molecule has 1 unspecified atom stereocenters. The summed E-state index contributed by atoms with van der Waals surface area (Å²) < 4.78 is 5.89. The molecule has 1 saturated heterocycles. The highest BCUT2D eigenvalue weighted by Gasteiger charge is 2.53. The maximum atomic E-state index is 11.9. The van der Waals surface area contributed by atoms with Crippen LogP contribution in [0.2, 0.25) is 0 Å². The van der Waals surface area contributed by atoms with E-state index in [2.05, 4.69) is 4.90 Å². The molecule has 4 nitrogen and oxygen atoms in total. The van der Waals surface area contributed by atoms with Crippen molar-refractivity contribution >= 4 is 5.97 Å². The molecule has 0 radical (unpaired) electrons. The first-order valence-electron chi connectivity index (χ1n) is 7.16. The lowest BCUT2D eigenvalue weighted by molar-refractivity contribution is -0.177. The average Bonchev–Trinajstić information content (AvgIpc) is 2.42. The number of carbonyl (C=O) groups excluding carboxylic acids is 1. The van der Waals surface area contributed by atoms with Crippen LogP contribution in [0.15, 0.2) is 30.3 Å². The quantitative estimate of drug-likeness (QED) is 0.857. The highest BCUT2D eigenvalue weighted by molar-refractivity contribution is 5.70. The molecule has 1 aliphatic heterocycles. The highest BCUT2D eigenvalue weighted by atomic mass is 16.6. The van der Waals surface area contributed by atoms with Crippen LogP contribution in [0.1, 0.15) is 32.3 Å². The largest absolute Gasteiger partial charge is 0.452 e. The lowest BCUT2D eigenvalue weighted by Crippen LogP contribution is -2.67. The molecule has 1 aromatic carbocycles. The van der Waals surface area contributed by atoms with Gasteiger partial charge >= 0.3 is 5.97 Å². The third-order valence-electron chi connectivity index (χ3n) is 4.18. The van der Waals surface area contributed by atoms with Gasteiger partial charge in [-0.25, -0.2) is 0 Å². The van der Waals surface area contributed by atoms with Crippen LogP contribution >= 0.6 is 0 Å². The van der Waals surface area contributed by atoms with Crippen LogP contribution in [0.25, 0.3) is 0 Å². The second-order valence-electron chi connectivity index (χ2n) is 5.93. The standard InChI is InChI=1S/C16H24N2O2/c1-4-14(19)20-16(13-8-6-5-7-9-13)10-11-18(3)12-15(16,2)17/h5-9H,4,10-12,17H2,1-3H3/t15-,16?/m0/s1. The number of hydrogen-bond acceptors (Lipinski definition) is 4. The molecule has 0 spiro atoms. The van der Waals surface area contributed by atoms with E-state index in [1.807, 2.05) is 51.2 Å². The Morgan fingerprint density at radius 3 is 2.60 bits per heavy atom. The van der Waals surface area contributed by atoms with Crippen LogP contribution in [-0.4, -0.2) is 36.5 Å². The zero-order valence-electron chi connectivity index (χ0n) is 12.6. The van der Waals surface area contributed by atoms with Gasteiger partial charge < -0.3 is 15.4 Å². The molecule has 0 bridgehead atoms. The molecule has 1 aliphatic rings. The lowest BCUT2D eigenvalue weighted by atomic mass is 9.71. The van der Waals surface area contributed by atoms with Crippen molar-refractivity contribution in [1.82, 2.24) is 4.90 Å². The number of likely N-dealkylation sites (tertiary alicyclic amines) is 1. The SMILES string of the molecule is CCC(=O)OC1(c2ccccc2)CCN(C)C[C@]1(C)N. The lowest BCUT2D eigenvalue weighted by Gasteiger charge is -2.51. The molecule has 0 saturated carbocycles. The van der Waals surface area contributed by atoms with E-state index in [4.69, 9.17) is 10.5 Å². The summed E-state index contributed by atoms with van der Waals surface area (Å²) in [5.41, 5.74) is 6.19. The van der Waals surface area contributed by atoms with Gasteiger partial charge in [0.1, 0.15) is 0 Å². The number of esters is 1. The number of benzene rings is 1. The molecule has 1 heterocycles. The van der Waals surface area contributed by atoms with E-state index in [9.17, 15) is 4.79 Å². The maximum absolute atomic E-state index is 11.9. The Labute approximate surface area is 120 Å². The van der Waals surface area contributed by atoms with Gasteiger partial charge in [0.15, 0.2) is 5.60 Å². The van der Waals surface area contributed by atoms with Gasteiger partial charge in [-0.2, -0.15) is 0 Å². The Kier molecular flexibility index (Phi) is 4.16. The Balaban J connectivity index is 2.46. The first-order chi connectivity index (χ1) is 9.41. The van der Waals surface area contributed by atoms with Gasteiger partial charge in [0.25, 0.3) is 0 Å². The predicted molar refractivity (Wildman–Crippen MR) is 79.2 cm³/mol. The van der Waals surface area contributed by atoms with Gasteiger partial charge in [-0.15, -0.1) is 0 Å². The summed E-state index contributed by atoms with van der Waals surface area (Å²) in [6.07, 6.45) is 1.08. The van der Waals surface area contributed by atoms with Gasteiger partial charge in [-0.05, 0) is 19.5 Å². The third kappa shape index (κ3) is 2.58. The fraction of sp³-hybridized carbons (Fsp3) is 0.562. The topological polar surface area (TPSA) is 55.6 Å². The summed E-state index contributed by atoms with van der Waals surface area (Å²) >= 11 is 0. The van der Waals surface area contributed by atoms with E-state index < -0.39 is 11.1 Å². The number of carbonyl (C=O) groups is 1. The van der Waals surface area contributed by atoms with E-state index >= 15 is 0 Å². The van der Waals surface area contributed by atoms with Crippen molar-refractivity contribution in [2.75, 3.05) is 20.1 Å². The van der Waals surface area contributed by atoms with Gasteiger partial charge in [0.2, 0.25) is 0 Å². The summed E-state index contributed by atoms with van der Waals surface area (Å²) in [4.78, 5) is 14.1. The van der Waals surface area contributed by atoms with E-state index in [1.54, 1.807) is 0 Å². The summed E-state index contributed by atoms with van der Waals surface area (Å²) in [5, 5.41) is 0. The third-order valence-corrected chi connectivity index (χ3v) is 4.18. The Morgan fingerprint density at radius 1 is 1.40 bits per heavy atom. The number of piperidine rings is 1. The smallest absolute Gasteiger partial charge is 0.306 e. The van der Waals surface area contributed by atoms with Crippen molar-refractivity contribution < 1.29 is 9.53 Å². The molecule has 110 valence electrons. The average molecular weight is 276 g/mol. The Morgan fingerprint density at radius 2 is 2.05 bits per heavy atom. The maximum Gasteiger partial charge on any atom is 0.306 e. The Bertz CT molecular complexity index is 473. The van der Waals surface area contributed by atoms with Crippen LogP contribution in [-0.2, 0) is 15.1 Å². The zero-order valence-corrected chi connectivity index (χ0v) is 12.6. The van der Waals surface area contributed by atoms with E-state index in [0.29, 0.717) is 19.4 Å². The van der Waals surface area contributed by atoms with Crippen LogP contribution < -0.4 is 5.73 Å². The minimum atomic E-state index is -0.742. The van der Waals surface area contributed by atoms with Gasteiger partial charge in [-0.3, -0.25) is 4.79 Å². The molecule has 0 aromatic heterocycles. The minimum Gasteiger partial charge on any atom is -0.452 e. The molecule has 1 aromatic rings. The molecule has 1 fully saturated rings. The fourth-order valence-electron chi connectivity index (χ4n) is 3.08. The number of hydrogen-bond donors (Lipinski definition) is 1. The van der Waals surface area contributed by atoms with Crippen LogP contribution in [0, 0.1) is 0 Å². The Hall–Kier alpha value is -1.39. The van der Waals surface area contributed by atoms with Crippen LogP contribution in [0.5, 0.6) is 0 Å². The summed E-state index contributed by atoms with van der Waals surface area (Å²) in [5.74, 6) is -0.199. The van der Waals surface area contributed by atoms with Crippen molar-refractivity contribution in [3.63, 3.8) is 0 Å². The normalized spacial score (nSPS) is 31.0. The number of nitrogens with two attached hydrogens (primary N) is 1. The minimum absolute atomic E-state index is 0.199. The van der Waals surface area contributed by atoms with Gasteiger partial charge in [0, 0.05) is 25.9 Å². The van der Waals surface area contributed by atoms with E-state index in [-0.39, 0.29) is 5.97 Å². The van der Waals surface area contributed by atoms with Crippen molar-refractivity contribution in [1.29, 1.82) is 0 Å². The van der Waals surface area contributed by atoms with Crippen molar-refractivity contribution in [2.24, 2.45) is 5.73 Å². The van der Waals surface area contributed by atoms with E-state index in [1.165, 1.54) is 0 Å². The number of nitrogens with zero attached hydrogens (tertiary/aromatic N) is 1. The number of likely N-dealkylation sites (N-methyl/N-ethyl adjacent to an activating group) is 1. The zero-order chi connectivity index (χ0) is 14.8. The summed E-state index contributed by atoms with van der Waals surface area (Å²) in [7, 11) is 2.04. The number of rotatable bonds is 3. The molecule has 0 aliphatic carbocycles. The van der Waals surface area contributed by atoms with Gasteiger partial charge in [-0.1, -0.05) is 37.3 Å². The molecule has 0 amide bonds. The van der Waals surface area contributed by atoms with Crippen LogP contribution in [0.3, 0.4) is 0 Å². The summed E-state index contributed by atoms with van der Waals surface area (Å²) in [6.45, 7) is 5.33. The molecule has 20 heavy (non-hydrogen) atoms. The summed E-state index contributed by atoms with van der Waals surface area (Å²) in [6, 6.07) is 9.89.